The maximum atomic E-state index is 13.7. The lowest BCUT2D eigenvalue weighted by molar-refractivity contribution is -0.138. The minimum Gasteiger partial charge on any atom is -0.454 e. The lowest BCUT2D eigenvalue weighted by atomic mass is 10.1. The normalized spacial score (nSPS) is 11.5. The number of rotatable bonds is 3. The number of nitrogens with two attached hydrogens (primary N) is 1. The Morgan fingerprint density at radius 2 is 1.71 bits per heavy atom. The van der Waals surface area contributed by atoms with Gasteiger partial charge in [-0.2, -0.15) is 13.2 Å². The molecule has 0 saturated carbocycles. The monoisotopic (exact) mass is 363 g/mol. The maximum Gasteiger partial charge on any atom is 0.419 e. The average Bonchev–Trinajstić information content (AvgIpc) is 2.41. The van der Waals surface area contributed by atoms with Gasteiger partial charge in [-0.3, -0.25) is 0 Å². The summed E-state index contributed by atoms with van der Waals surface area (Å²) >= 11 is 3.06. The van der Waals surface area contributed by atoms with Gasteiger partial charge in [0.05, 0.1) is 5.56 Å². The molecule has 0 spiro atoms. The topological polar surface area (TPSA) is 35.2 Å². The third-order valence-electron chi connectivity index (χ3n) is 2.70. The molecule has 0 fully saturated rings. The first kappa shape index (κ1) is 15.8. The van der Waals surface area contributed by atoms with Crippen molar-refractivity contribution in [2.24, 2.45) is 5.73 Å². The minimum absolute atomic E-state index is 0.0317. The number of hydrogen-bond acceptors (Lipinski definition) is 2. The van der Waals surface area contributed by atoms with Gasteiger partial charge in [-0.15, -0.1) is 0 Å². The Hall–Kier alpha value is -1.60. The first-order valence-corrected chi connectivity index (χ1v) is 6.63. The third kappa shape index (κ3) is 3.74. The van der Waals surface area contributed by atoms with Gasteiger partial charge in [-0.25, -0.2) is 4.39 Å². The van der Waals surface area contributed by atoms with Crippen LogP contribution in [0, 0.1) is 5.82 Å². The smallest absolute Gasteiger partial charge is 0.419 e. The summed E-state index contributed by atoms with van der Waals surface area (Å²) in [7, 11) is 0. The van der Waals surface area contributed by atoms with E-state index in [-0.39, 0.29) is 12.3 Å². The summed E-state index contributed by atoms with van der Waals surface area (Å²) in [4.78, 5) is 0. The van der Waals surface area contributed by atoms with Crippen LogP contribution in [0.5, 0.6) is 11.5 Å². The number of ether oxygens (including phenoxy) is 1. The van der Waals surface area contributed by atoms with Crippen molar-refractivity contribution in [3.05, 3.63) is 57.8 Å². The summed E-state index contributed by atoms with van der Waals surface area (Å²) in [6.45, 7) is -0.0317. The first-order valence-electron chi connectivity index (χ1n) is 5.84. The molecule has 2 N–H and O–H groups in total. The second-order valence-electron chi connectivity index (χ2n) is 4.21. The molecule has 0 amide bonds. The fraction of sp³-hybridized carbons (Fsp3) is 0.143. The predicted molar refractivity (Wildman–Crippen MR) is 73.5 cm³/mol. The van der Waals surface area contributed by atoms with E-state index in [1.165, 1.54) is 18.2 Å². The molecular formula is C14H10BrF4NO. The highest BCUT2D eigenvalue weighted by Crippen LogP contribution is 2.39. The van der Waals surface area contributed by atoms with Gasteiger partial charge >= 0.3 is 6.18 Å². The predicted octanol–water partition coefficient (Wildman–Crippen LogP) is 4.86. The highest BCUT2D eigenvalue weighted by molar-refractivity contribution is 9.10. The summed E-state index contributed by atoms with van der Waals surface area (Å²) in [5, 5.41) is 0. The van der Waals surface area contributed by atoms with Crippen molar-refractivity contribution in [1.29, 1.82) is 0 Å². The number of hydrogen-bond donors (Lipinski definition) is 1. The molecule has 0 atom stereocenters. The van der Waals surface area contributed by atoms with Gasteiger partial charge < -0.3 is 10.5 Å². The highest BCUT2D eigenvalue weighted by atomic mass is 79.9. The van der Waals surface area contributed by atoms with Crippen molar-refractivity contribution in [1.82, 2.24) is 0 Å². The molecule has 112 valence electrons. The van der Waals surface area contributed by atoms with Crippen LogP contribution in [0.1, 0.15) is 11.1 Å². The fourth-order valence-corrected chi connectivity index (χ4v) is 2.02. The van der Waals surface area contributed by atoms with Gasteiger partial charge in [0.2, 0.25) is 0 Å². The second-order valence-corrected chi connectivity index (χ2v) is 5.12. The van der Waals surface area contributed by atoms with E-state index in [0.717, 1.165) is 18.2 Å². The Balaban J connectivity index is 2.44. The standard InChI is InChI=1S/C14H10BrF4NO/c15-9-2-4-13(11(16)6-9)21-12-3-1-8(7-20)5-10(12)14(17,18)19/h1-6H,7,20H2. The van der Waals surface area contributed by atoms with Gasteiger partial charge in [0.15, 0.2) is 11.6 Å². The van der Waals surface area contributed by atoms with Crippen LogP contribution in [0.3, 0.4) is 0 Å². The maximum absolute atomic E-state index is 13.7. The van der Waals surface area contributed by atoms with Gasteiger partial charge in [0.1, 0.15) is 5.75 Å². The molecule has 2 aromatic rings. The summed E-state index contributed by atoms with van der Waals surface area (Å²) in [5.41, 5.74) is 4.65. The van der Waals surface area contributed by atoms with E-state index in [9.17, 15) is 17.6 Å². The van der Waals surface area contributed by atoms with Crippen molar-refractivity contribution in [3.63, 3.8) is 0 Å². The summed E-state index contributed by atoms with van der Waals surface area (Å²) < 4.78 is 58.2. The van der Waals surface area contributed by atoms with Crippen LogP contribution < -0.4 is 10.5 Å². The van der Waals surface area contributed by atoms with Gasteiger partial charge in [-0.1, -0.05) is 22.0 Å². The molecule has 0 radical (unpaired) electrons. The molecule has 0 unspecified atom stereocenters. The molecule has 2 rings (SSSR count). The van der Waals surface area contributed by atoms with E-state index in [4.69, 9.17) is 10.5 Å². The van der Waals surface area contributed by atoms with Crippen molar-refractivity contribution in [2.75, 3.05) is 0 Å². The molecule has 2 aromatic carbocycles. The highest BCUT2D eigenvalue weighted by Gasteiger charge is 2.35. The SMILES string of the molecule is NCc1ccc(Oc2ccc(Br)cc2F)c(C(F)(F)F)c1. The van der Waals surface area contributed by atoms with Crippen LogP contribution >= 0.6 is 15.9 Å². The molecule has 7 heteroatoms. The summed E-state index contributed by atoms with van der Waals surface area (Å²) in [6, 6.07) is 7.26. The minimum atomic E-state index is -4.62. The van der Waals surface area contributed by atoms with E-state index in [0.29, 0.717) is 10.0 Å². The number of alkyl halides is 3. The largest absolute Gasteiger partial charge is 0.454 e. The van der Waals surface area contributed by atoms with Gasteiger partial charge in [-0.05, 0) is 35.9 Å². The fourth-order valence-electron chi connectivity index (χ4n) is 1.69. The Kier molecular flexibility index (Phi) is 4.53. The zero-order chi connectivity index (χ0) is 15.6. The Morgan fingerprint density at radius 3 is 2.29 bits per heavy atom. The van der Waals surface area contributed by atoms with Crippen LogP contribution in [0.4, 0.5) is 17.6 Å². The van der Waals surface area contributed by atoms with E-state index >= 15 is 0 Å². The number of halogens is 5. The second kappa shape index (κ2) is 6.03. The summed E-state index contributed by atoms with van der Waals surface area (Å²) in [5.74, 6) is -1.52. The average molecular weight is 364 g/mol. The van der Waals surface area contributed by atoms with Crippen molar-refractivity contribution in [2.45, 2.75) is 12.7 Å². The first-order chi connectivity index (χ1) is 9.81. The van der Waals surface area contributed by atoms with E-state index in [2.05, 4.69) is 15.9 Å². The van der Waals surface area contributed by atoms with Gasteiger partial charge in [0, 0.05) is 11.0 Å². The molecule has 0 saturated heterocycles. The quantitative estimate of drug-likeness (QED) is 0.790. The molecule has 0 aromatic heterocycles. The molecule has 0 aliphatic rings. The molecule has 21 heavy (non-hydrogen) atoms. The van der Waals surface area contributed by atoms with E-state index in [1.54, 1.807) is 0 Å². The Morgan fingerprint density at radius 1 is 1.05 bits per heavy atom. The molecule has 2 nitrogen and oxygen atoms in total. The van der Waals surface area contributed by atoms with Crippen molar-refractivity contribution in [3.8, 4) is 11.5 Å². The molecule has 0 bridgehead atoms. The van der Waals surface area contributed by atoms with Crippen LogP contribution in [-0.2, 0) is 12.7 Å². The summed E-state index contributed by atoms with van der Waals surface area (Å²) in [6.07, 6.45) is -4.62. The van der Waals surface area contributed by atoms with E-state index in [1.807, 2.05) is 0 Å². The lowest BCUT2D eigenvalue weighted by Gasteiger charge is -2.15. The number of benzene rings is 2. The van der Waals surface area contributed by atoms with E-state index < -0.39 is 23.3 Å². The lowest BCUT2D eigenvalue weighted by Crippen LogP contribution is -2.09. The van der Waals surface area contributed by atoms with Crippen LogP contribution in [0.15, 0.2) is 40.9 Å². The third-order valence-corrected chi connectivity index (χ3v) is 3.19. The zero-order valence-corrected chi connectivity index (χ0v) is 12.1. The van der Waals surface area contributed by atoms with Crippen LogP contribution in [0.2, 0.25) is 0 Å². The molecule has 0 heterocycles. The molecule has 0 aliphatic carbocycles. The van der Waals surface area contributed by atoms with Crippen LogP contribution in [0.25, 0.3) is 0 Å². The van der Waals surface area contributed by atoms with Gasteiger partial charge in [0.25, 0.3) is 0 Å². The zero-order valence-electron chi connectivity index (χ0n) is 10.5. The Labute approximate surface area is 126 Å². The van der Waals surface area contributed by atoms with Crippen molar-refractivity contribution < 1.29 is 22.3 Å². The van der Waals surface area contributed by atoms with Crippen molar-refractivity contribution >= 4 is 15.9 Å². The molecule has 0 aliphatic heterocycles. The molecular weight excluding hydrogens is 354 g/mol. The Bertz CT molecular complexity index is 658. The van der Waals surface area contributed by atoms with Crippen LogP contribution in [-0.4, -0.2) is 0 Å².